The quantitative estimate of drug-likeness (QED) is 0.824. The fourth-order valence-corrected chi connectivity index (χ4v) is 4.00. The number of nitrogens with zero attached hydrogens (tertiary/aromatic N) is 1. The van der Waals surface area contributed by atoms with E-state index < -0.39 is 5.97 Å². The van der Waals surface area contributed by atoms with Crippen molar-refractivity contribution >= 4 is 17.7 Å². The summed E-state index contributed by atoms with van der Waals surface area (Å²) in [6, 6.07) is -0.215. The number of hydrogen-bond acceptors (Lipinski definition) is 3. The van der Waals surface area contributed by atoms with E-state index in [9.17, 15) is 9.90 Å². The summed E-state index contributed by atoms with van der Waals surface area (Å²) in [7, 11) is 0. The van der Waals surface area contributed by atoms with Crippen LogP contribution in [0, 0.1) is 5.92 Å². The summed E-state index contributed by atoms with van der Waals surface area (Å²) in [5.74, 6) is 2.59. The summed E-state index contributed by atoms with van der Waals surface area (Å²) in [5.41, 5.74) is 0. The highest BCUT2D eigenvalue weighted by molar-refractivity contribution is 7.99. The van der Waals surface area contributed by atoms with Gasteiger partial charge in [0.25, 0.3) is 0 Å². The van der Waals surface area contributed by atoms with Gasteiger partial charge >= 0.3 is 5.97 Å². The van der Waals surface area contributed by atoms with Crippen molar-refractivity contribution < 1.29 is 9.90 Å². The maximum atomic E-state index is 11.2. The number of thioether (sulfide) groups is 1. The highest BCUT2D eigenvalue weighted by Crippen LogP contribution is 2.26. The zero-order valence-corrected chi connectivity index (χ0v) is 10.5. The summed E-state index contributed by atoms with van der Waals surface area (Å²) in [5, 5.41) is 9.26. The minimum atomic E-state index is -0.618. The third-order valence-corrected chi connectivity index (χ3v) is 4.90. The molecule has 3 nitrogen and oxygen atoms in total. The van der Waals surface area contributed by atoms with Gasteiger partial charge in [0.2, 0.25) is 0 Å². The number of hydrogen-bond donors (Lipinski definition) is 1. The van der Waals surface area contributed by atoms with Gasteiger partial charge in [-0.15, -0.1) is 0 Å². The van der Waals surface area contributed by atoms with Crippen molar-refractivity contribution in [2.24, 2.45) is 5.92 Å². The van der Waals surface area contributed by atoms with E-state index in [4.69, 9.17) is 0 Å². The zero-order chi connectivity index (χ0) is 11.4. The van der Waals surface area contributed by atoms with Crippen molar-refractivity contribution in [3.63, 3.8) is 0 Å². The maximum absolute atomic E-state index is 11.2. The van der Waals surface area contributed by atoms with E-state index in [0.29, 0.717) is 0 Å². The Kier molecular flexibility index (Phi) is 4.53. The molecule has 0 spiro atoms. The number of carbonyl (C=O) groups is 1. The van der Waals surface area contributed by atoms with Crippen molar-refractivity contribution in [2.45, 2.75) is 38.1 Å². The molecule has 2 rings (SSSR count). The molecule has 2 heterocycles. The average Bonchev–Trinajstić information content (AvgIpc) is 2.63. The molecule has 0 aromatic rings. The molecular formula is C12H21NO2S. The third-order valence-electron chi connectivity index (χ3n) is 3.67. The van der Waals surface area contributed by atoms with Crippen molar-refractivity contribution in [1.29, 1.82) is 0 Å². The largest absolute Gasteiger partial charge is 0.480 e. The molecule has 0 aromatic carbocycles. The smallest absolute Gasteiger partial charge is 0.320 e. The Balaban J connectivity index is 1.93. The highest BCUT2D eigenvalue weighted by atomic mass is 32.2. The Morgan fingerprint density at radius 1 is 1.31 bits per heavy atom. The normalized spacial score (nSPS) is 32.5. The number of aliphatic carboxylic acids is 1. The van der Waals surface area contributed by atoms with E-state index in [-0.39, 0.29) is 6.04 Å². The van der Waals surface area contributed by atoms with Gasteiger partial charge in [-0.2, -0.15) is 11.8 Å². The van der Waals surface area contributed by atoms with Crippen LogP contribution in [0.3, 0.4) is 0 Å². The second kappa shape index (κ2) is 5.92. The van der Waals surface area contributed by atoms with Crippen LogP contribution >= 0.6 is 11.8 Å². The van der Waals surface area contributed by atoms with Gasteiger partial charge in [0.05, 0.1) is 0 Å². The first kappa shape index (κ1) is 12.2. The van der Waals surface area contributed by atoms with E-state index >= 15 is 0 Å². The second-order valence-corrected chi connectivity index (χ2v) is 6.08. The first-order chi connectivity index (χ1) is 7.77. The molecule has 2 aliphatic rings. The summed E-state index contributed by atoms with van der Waals surface area (Å²) in [6.45, 7) is 1.99. The molecule has 2 fully saturated rings. The molecule has 0 saturated carbocycles. The standard InChI is InChI=1S/C12H21NO2S/c14-12(15)11-4-2-1-3-6-13(11)8-10-5-7-16-9-10/h10-11H,1-9H2,(H,14,15). The van der Waals surface area contributed by atoms with Crippen LogP contribution in [0.4, 0.5) is 0 Å². The SMILES string of the molecule is O=C(O)C1CCCCCN1CC1CCSC1. The number of rotatable bonds is 3. The zero-order valence-electron chi connectivity index (χ0n) is 9.73. The van der Waals surface area contributed by atoms with E-state index in [0.717, 1.165) is 31.8 Å². The number of carboxylic acids is 1. The molecule has 0 amide bonds. The van der Waals surface area contributed by atoms with Crippen molar-refractivity contribution in [3.05, 3.63) is 0 Å². The van der Waals surface area contributed by atoms with Gasteiger partial charge in [0, 0.05) is 6.54 Å². The molecule has 0 aliphatic carbocycles. The Labute approximate surface area is 102 Å². The fourth-order valence-electron chi connectivity index (χ4n) is 2.72. The van der Waals surface area contributed by atoms with Gasteiger partial charge in [0.1, 0.15) is 6.04 Å². The van der Waals surface area contributed by atoms with Gasteiger partial charge in [-0.3, -0.25) is 9.69 Å². The number of likely N-dealkylation sites (tertiary alicyclic amines) is 1. The maximum Gasteiger partial charge on any atom is 0.320 e. The van der Waals surface area contributed by atoms with Crippen LogP contribution in [0.25, 0.3) is 0 Å². The van der Waals surface area contributed by atoms with Crippen LogP contribution in [0.5, 0.6) is 0 Å². The summed E-state index contributed by atoms with van der Waals surface area (Å²) < 4.78 is 0. The minimum absolute atomic E-state index is 0.215. The average molecular weight is 243 g/mol. The fraction of sp³-hybridized carbons (Fsp3) is 0.917. The Morgan fingerprint density at radius 3 is 2.88 bits per heavy atom. The molecule has 0 radical (unpaired) electrons. The molecule has 2 aliphatic heterocycles. The molecule has 92 valence electrons. The molecule has 2 atom stereocenters. The summed E-state index contributed by atoms with van der Waals surface area (Å²) >= 11 is 2.01. The van der Waals surface area contributed by atoms with Gasteiger partial charge in [-0.05, 0) is 43.2 Å². The molecule has 0 bridgehead atoms. The summed E-state index contributed by atoms with van der Waals surface area (Å²) in [4.78, 5) is 13.5. The van der Waals surface area contributed by atoms with E-state index in [2.05, 4.69) is 4.90 Å². The first-order valence-corrected chi connectivity index (χ1v) is 7.47. The minimum Gasteiger partial charge on any atom is -0.480 e. The molecule has 2 unspecified atom stereocenters. The monoisotopic (exact) mass is 243 g/mol. The molecule has 4 heteroatoms. The lowest BCUT2D eigenvalue weighted by Crippen LogP contribution is -2.43. The van der Waals surface area contributed by atoms with Crippen molar-refractivity contribution in [2.75, 3.05) is 24.6 Å². The van der Waals surface area contributed by atoms with Crippen LogP contribution in [0.2, 0.25) is 0 Å². The van der Waals surface area contributed by atoms with Crippen LogP contribution in [-0.2, 0) is 4.79 Å². The first-order valence-electron chi connectivity index (χ1n) is 6.32. The van der Waals surface area contributed by atoms with Crippen molar-refractivity contribution in [3.8, 4) is 0 Å². The van der Waals surface area contributed by atoms with Gasteiger partial charge < -0.3 is 5.11 Å². The summed E-state index contributed by atoms with van der Waals surface area (Å²) in [6.07, 6.45) is 5.55. The Hall–Kier alpha value is -0.220. The van der Waals surface area contributed by atoms with Gasteiger partial charge in [-0.25, -0.2) is 0 Å². The van der Waals surface area contributed by atoms with Crippen LogP contribution in [0.1, 0.15) is 32.1 Å². The predicted molar refractivity (Wildman–Crippen MR) is 66.9 cm³/mol. The van der Waals surface area contributed by atoms with Crippen LogP contribution in [-0.4, -0.2) is 46.6 Å². The highest BCUT2D eigenvalue weighted by Gasteiger charge is 2.29. The van der Waals surface area contributed by atoms with Gasteiger partial charge in [-0.1, -0.05) is 12.8 Å². The molecule has 0 aromatic heterocycles. The molecular weight excluding hydrogens is 222 g/mol. The third kappa shape index (κ3) is 3.14. The number of carboxylic acid groups (broad SMARTS) is 1. The lowest BCUT2D eigenvalue weighted by molar-refractivity contribution is -0.143. The van der Waals surface area contributed by atoms with Crippen LogP contribution < -0.4 is 0 Å². The van der Waals surface area contributed by atoms with E-state index in [1.54, 1.807) is 0 Å². The predicted octanol–water partition coefficient (Wildman–Crippen LogP) is 2.07. The molecule has 16 heavy (non-hydrogen) atoms. The van der Waals surface area contributed by atoms with Gasteiger partial charge in [0.15, 0.2) is 0 Å². The Bertz CT molecular complexity index is 241. The lowest BCUT2D eigenvalue weighted by Gasteiger charge is -2.28. The molecule has 2 saturated heterocycles. The van der Waals surface area contributed by atoms with E-state index in [1.165, 1.54) is 30.8 Å². The second-order valence-electron chi connectivity index (χ2n) is 4.93. The lowest BCUT2D eigenvalue weighted by atomic mass is 10.1. The molecule has 1 N–H and O–H groups in total. The van der Waals surface area contributed by atoms with Crippen LogP contribution in [0.15, 0.2) is 0 Å². The topological polar surface area (TPSA) is 40.5 Å². The van der Waals surface area contributed by atoms with Crippen molar-refractivity contribution in [1.82, 2.24) is 4.90 Å². The Morgan fingerprint density at radius 2 is 2.19 bits per heavy atom. The van der Waals surface area contributed by atoms with E-state index in [1.807, 2.05) is 11.8 Å².